The fourth-order valence-corrected chi connectivity index (χ4v) is 12.1. The summed E-state index contributed by atoms with van der Waals surface area (Å²) in [5.41, 5.74) is 7.52. The predicted octanol–water partition coefficient (Wildman–Crippen LogP) is 8.11. The van der Waals surface area contributed by atoms with Crippen LogP contribution in [0.15, 0.2) is 11.6 Å². The minimum absolute atomic E-state index is 0.0273. The van der Waals surface area contributed by atoms with Crippen LogP contribution in [0.1, 0.15) is 121 Å². The first-order valence-electron chi connectivity index (χ1n) is 17.4. The van der Waals surface area contributed by atoms with Gasteiger partial charge in [0, 0.05) is 16.4 Å². The van der Waals surface area contributed by atoms with Crippen molar-refractivity contribution in [1.29, 1.82) is 0 Å². The third kappa shape index (κ3) is 4.28. The Labute approximate surface area is 257 Å². The number of carboxylic acids is 1. The molecule has 1 saturated heterocycles. The molecule has 0 aromatic rings. The number of ether oxygens (including phenoxy) is 2. The zero-order valence-corrected chi connectivity index (χ0v) is 28.6. The summed E-state index contributed by atoms with van der Waals surface area (Å²) in [5.74, 6) is 1.24. The molecular weight excluding hydrogens is 522 g/mol. The SMILES string of the molecule is CCC(N)(CC)CO[C@H]1[C@H](C)C[C@@]23COC[C@@]1(C)[C@@H]2CC[C@H]1C3=CC[C@@]2(C)[C@H](C(=O)O)[C@@](C)([C@H](C)C(C)C)CC[C@]12C. The van der Waals surface area contributed by atoms with E-state index in [0.29, 0.717) is 36.2 Å². The highest BCUT2D eigenvalue weighted by Crippen LogP contribution is 2.75. The Morgan fingerprint density at radius 1 is 1.10 bits per heavy atom. The molecule has 2 bridgehead atoms. The van der Waals surface area contributed by atoms with Gasteiger partial charge in [0.15, 0.2) is 0 Å². The van der Waals surface area contributed by atoms with Crippen LogP contribution in [0.3, 0.4) is 0 Å². The maximum atomic E-state index is 13.3. The Morgan fingerprint density at radius 2 is 1.76 bits per heavy atom. The van der Waals surface area contributed by atoms with E-state index >= 15 is 0 Å². The molecule has 4 fully saturated rings. The van der Waals surface area contributed by atoms with E-state index in [2.05, 4.69) is 75.3 Å². The Morgan fingerprint density at radius 3 is 2.36 bits per heavy atom. The monoisotopic (exact) mass is 585 g/mol. The number of allylic oxidation sites excluding steroid dienone is 1. The summed E-state index contributed by atoms with van der Waals surface area (Å²) in [6, 6.07) is 0. The number of hydrogen-bond acceptors (Lipinski definition) is 4. The van der Waals surface area contributed by atoms with Gasteiger partial charge in [-0.25, -0.2) is 0 Å². The summed E-state index contributed by atoms with van der Waals surface area (Å²) >= 11 is 0. The summed E-state index contributed by atoms with van der Waals surface area (Å²) in [6.45, 7) is 25.3. The van der Waals surface area contributed by atoms with Crippen LogP contribution in [-0.4, -0.2) is 42.5 Å². The van der Waals surface area contributed by atoms with Crippen molar-refractivity contribution < 1.29 is 19.4 Å². The van der Waals surface area contributed by atoms with Gasteiger partial charge >= 0.3 is 5.97 Å². The Hall–Kier alpha value is -0.910. The van der Waals surface area contributed by atoms with Crippen LogP contribution in [-0.2, 0) is 14.3 Å². The molecular formula is C37H63NO4. The van der Waals surface area contributed by atoms with E-state index in [1.165, 1.54) is 6.42 Å². The van der Waals surface area contributed by atoms with Crippen LogP contribution < -0.4 is 5.73 Å². The number of hydrogen-bond donors (Lipinski definition) is 2. The Kier molecular flexibility index (Phi) is 8.18. The van der Waals surface area contributed by atoms with E-state index in [9.17, 15) is 9.90 Å². The van der Waals surface area contributed by atoms with E-state index in [-0.39, 0.29) is 44.6 Å². The van der Waals surface area contributed by atoms with Crippen molar-refractivity contribution in [2.45, 2.75) is 132 Å². The molecule has 3 saturated carbocycles. The molecule has 1 heterocycles. The number of fused-ring (bicyclic) bond motifs is 3. The smallest absolute Gasteiger partial charge is 0.307 e. The average Bonchev–Trinajstić information content (AvgIpc) is 2.92. The minimum Gasteiger partial charge on any atom is -0.481 e. The number of carboxylic acid groups (broad SMARTS) is 1. The van der Waals surface area contributed by atoms with Gasteiger partial charge < -0.3 is 20.3 Å². The standard InChI is InChI=1S/C37H63NO4/c1-11-36(38,12-2)21-42-30-24(5)19-37-22-41-20-33(30,8)28(37)14-13-26-27(37)15-16-35(10)29(31(39)40)32(7,25(6)23(3)4)17-18-34(26,35)9/h15,23-26,28-30H,11-14,16-22,38H2,1-10H3,(H,39,40)/t24-,25-,26+,28+,29-,30+,32-,33+,34-,35+,37+/m1/s1. The third-order valence-corrected chi connectivity index (χ3v) is 15.3. The Bertz CT molecular complexity index is 1080. The molecule has 1 aliphatic heterocycles. The molecule has 0 aromatic carbocycles. The molecule has 0 amide bonds. The summed E-state index contributed by atoms with van der Waals surface area (Å²) in [6.07, 6.45) is 10.9. The summed E-state index contributed by atoms with van der Waals surface area (Å²) < 4.78 is 13.5. The molecule has 4 aliphatic carbocycles. The zero-order chi connectivity index (χ0) is 31.1. The molecule has 0 unspecified atom stereocenters. The molecule has 0 aromatic heterocycles. The van der Waals surface area contributed by atoms with Crippen molar-refractivity contribution in [3.05, 3.63) is 11.6 Å². The van der Waals surface area contributed by atoms with Crippen LogP contribution in [0, 0.1) is 62.6 Å². The first-order valence-corrected chi connectivity index (χ1v) is 17.4. The number of carbonyl (C=O) groups is 1. The van der Waals surface area contributed by atoms with Gasteiger partial charge in [-0.05, 0) is 97.2 Å². The second-order valence-corrected chi connectivity index (χ2v) is 17.3. The van der Waals surface area contributed by atoms with Crippen molar-refractivity contribution in [1.82, 2.24) is 0 Å². The molecule has 5 heteroatoms. The first kappa shape index (κ1) is 32.5. The number of rotatable bonds is 8. The highest BCUT2D eigenvalue weighted by atomic mass is 16.5. The minimum atomic E-state index is -0.586. The van der Waals surface area contributed by atoms with E-state index < -0.39 is 5.97 Å². The molecule has 5 rings (SSSR count). The highest BCUT2D eigenvalue weighted by Gasteiger charge is 2.71. The van der Waals surface area contributed by atoms with Crippen LogP contribution in [0.5, 0.6) is 0 Å². The van der Waals surface area contributed by atoms with Gasteiger partial charge in [-0.2, -0.15) is 0 Å². The second-order valence-electron chi connectivity index (χ2n) is 17.3. The van der Waals surface area contributed by atoms with Crippen LogP contribution in [0.4, 0.5) is 0 Å². The lowest BCUT2D eigenvalue weighted by molar-refractivity contribution is -0.252. The van der Waals surface area contributed by atoms with E-state index in [1.807, 2.05) is 0 Å². The molecule has 0 radical (unpaired) electrons. The fourth-order valence-electron chi connectivity index (χ4n) is 12.1. The van der Waals surface area contributed by atoms with Crippen LogP contribution in [0.2, 0.25) is 0 Å². The lowest BCUT2D eigenvalue weighted by atomic mass is 9.34. The van der Waals surface area contributed by atoms with Gasteiger partial charge in [0.25, 0.3) is 0 Å². The lowest BCUT2D eigenvalue weighted by Crippen LogP contribution is -2.69. The van der Waals surface area contributed by atoms with Gasteiger partial charge in [-0.3, -0.25) is 4.79 Å². The summed E-state index contributed by atoms with van der Waals surface area (Å²) in [5, 5.41) is 10.9. The van der Waals surface area contributed by atoms with Crippen molar-refractivity contribution >= 4 is 5.97 Å². The van der Waals surface area contributed by atoms with E-state index in [1.54, 1.807) is 5.57 Å². The second kappa shape index (κ2) is 10.6. The van der Waals surface area contributed by atoms with Gasteiger partial charge in [0.05, 0.1) is 31.8 Å². The van der Waals surface area contributed by atoms with Crippen LogP contribution in [0.25, 0.3) is 0 Å². The van der Waals surface area contributed by atoms with Gasteiger partial charge in [0.1, 0.15) is 0 Å². The molecule has 11 atom stereocenters. The molecule has 42 heavy (non-hydrogen) atoms. The molecule has 5 aliphatic rings. The summed E-state index contributed by atoms with van der Waals surface area (Å²) in [7, 11) is 0. The molecule has 240 valence electrons. The van der Waals surface area contributed by atoms with Crippen LogP contribution >= 0.6 is 0 Å². The van der Waals surface area contributed by atoms with Gasteiger partial charge in [-0.1, -0.05) is 80.9 Å². The van der Waals surface area contributed by atoms with Crippen molar-refractivity contribution in [3.8, 4) is 0 Å². The van der Waals surface area contributed by atoms with Crippen molar-refractivity contribution in [3.63, 3.8) is 0 Å². The normalized spacial score (nSPS) is 47.6. The summed E-state index contributed by atoms with van der Waals surface area (Å²) in [4.78, 5) is 13.3. The van der Waals surface area contributed by atoms with E-state index in [0.717, 1.165) is 58.2 Å². The van der Waals surface area contributed by atoms with Crippen molar-refractivity contribution in [2.75, 3.05) is 19.8 Å². The zero-order valence-electron chi connectivity index (χ0n) is 28.6. The topological polar surface area (TPSA) is 81.8 Å². The highest BCUT2D eigenvalue weighted by molar-refractivity contribution is 5.73. The predicted molar refractivity (Wildman–Crippen MR) is 170 cm³/mol. The molecule has 0 spiro atoms. The number of nitrogens with two attached hydrogens (primary N) is 1. The Balaban J connectivity index is 1.53. The first-order chi connectivity index (χ1) is 19.5. The third-order valence-electron chi connectivity index (χ3n) is 15.3. The van der Waals surface area contributed by atoms with E-state index in [4.69, 9.17) is 15.2 Å². The molecule has 3 N–H and O–H groups in total. The lowest BCUT2D eigenvalue weighted by Gasteiger charge is -2.71. The average molecular weight is 586 g/mol. The van der Waals surface area contributed by atoms with Gasteiger partial charge in [0.2, 0.25) is 0 Å². The maximum Gasteiger partial charge on any atom is 0.307 e. The fraction of sp³-hybridized carbons (Fsp3) is 0.919. The van der Waals surface area contributed by atoms with Crippen molar-refractivity contribution in [2.24, 2.45) is 68.3 Å². The quantitative estimate of drug-likeness (QED) is 0.281. The number of aliphatic carboxylic acids is 1. The molecule has 5 nitrogen and oxygen atoms in total. The maximum absolute atomic E-state index is 13.3. The largest absolute Gasteiger partial charge is 0.481 e. The van der Waals surface area contributed by atoms with Gasteiger partial charge in [-0.15, -0.1) is 0 Å².